The van der Waals surface area contributed by atoms with Crippen LogP contribution in [0.2, 0.25) is 0 Å². The molecule has 112 valence electrons. The third-order valence-electron chi connectivity index (χ3n) is 3.63. The quantitative estimate of drug-likeness (QED) is 0.611. The molecule has 1 unspecified atom stereocenters. The summed E-state index contributed by atoms with van der Waals surface area (Å²) in [6, 6.07) is 7.14. The van der Waals surface area contributed by atoms with Gasteiger partial charge in [0.1, 0.15) is 5.82 Å². The van der Waals surface area contributed by atoms with E-state index in [0.29, 0.717) is 0 Å². The second-order valence-corrected chi connectivity index (χ2v) is 8.19. The van der Waals surface area contributed by atoms with Crippen molar-refractivity contribution in [2.24, 2.45) is 5.84 Å². The zero-order chi connectivity index (χ0) is 14.8. The molecule has 21 heavy (non-hydrogen) atoms. The monoisotopic (exact) mass is 386 g/mol. The molecule has 0 saturated heterocycles. The first-order chi connectivity index (χ1) is 10.2. The fraction of sp³-hybridized carbons (Fsp3) is 0.333. The van der Waals surface area contributed by atoms with E-state index in [1.807, 2.05) is 29.2 Å². The number of hydrogen-bond donors (Lipinski definition) is 2. The molecule has 2 heterocycles. The van der Waals surface area contributed by atoms with Crippen molar-refractivity contribution in [3.63, 3.8) is 0 Å². The van der Waals surface area contributed by atoms with Crippen LogP contribution in [0.1, 0.15) is 26.9 Å². The van der Waals surface area contributed by atoms with Crippen LogP contribution in [0.4, 0.5) is 4.39 Å². The Bertz CT molecular complexity index is 621. The van der Waals surface area contributed by atoms with E-state index >= 15 is 0 Å². The smallest absolute Gasteiger partial charge is 0.124 e. The highest BCUT2D eigenvalue weighted by Gasteiger charge is 2.19. The Morgan fingerprint density at radius 2 is 2.24 bits per heavy atom. The summed E-state index contributed by atoms with van der Waals surface area (Å²) in [4.78, 5) is 2.75. The minimum atomic E-state index is -0.230. The summed E-state index contributed by atoms with van der Waals surface area (Å²) in [5, 5.41) is 0. The van der Waals surface area contributed by atoms with Crippen molar-refractivity contribution < 1.29 is 4.39 Å². The van der Waals surface area contributed by atoms with Gasteiger partial charge in [-0.25, -0.2) is 4.39 Å². The van der Waals surface area contributed by atoms with Crippen LogP contribution in [0.5, 0.6) is 0 Å². The van der Waals surface area contributed by atoms with Gasteiger partial charge in [0.2, 0.25) is 0 Å². The molecule has 1 atom stereocenters. The lowest BCUT2D eigenvalue weighted by atomic mass is 10.0. The second-order valence-electron chi connectivity index (χ2n) is 5.06. The van der Waals surface area contributed by atoms with Crippen molar-refractivity contribution in [1.82, 2.24) is 5.43 Å². The molecule has 0 radical (unpaired) electrons. The standard InChI is InChI=1S/C15H16BrFN2S2/c16-12-7-11(17)2-1-9(12)5-13(19-18)15-6-10-8-20-4-3-14(10)21-15/h1-2,6-7,13,19H,3-5,8,18H2. The zero-order valence-corrected chi connectivity index (χ0v) is 14.6. The highest BCUT2D eigenvalue weighted by molar-refractivity contribution is 9.10. The van der Waals surface area contributed by atoms with E-state index in [0.717, 1.165) is 28.6 Å². The first-order valence-electron chi connectivity index (χ1n) is 6.76. The molecule has 1 aromatic carbocycles. The molecule has 0 fully saturated rings. The van der Waals surface area contributed by atoms with Crippen LogP contribution >= 0.6 is 39.0 Å². The van der Waals surface area contributed by atoms with Crippen molar-refractivity contribution in [2.45, 2.75) is 24.6 Å². The lowest BCUT2D eigenvalue weighted by Gasteiger charge is -2.15. The number of thioether (sulfide) groups is 1. The van der Waals surface area contributed by atoms with Gasteiger partial charge in [-0.15, -0.1) is 11.3 Å². The van der Waals surface area contributed by atoms with Crippen LogP contribution in [-0.2, 0) is 18.6 Å². The fourth-order valence-corrected chi connectivity index (χ4v) is 5.44. The Hall–Kier alpha value is -0.400. The zero-order valence-electron chi connectivity index (χ0n) is 11.4. The van der Waals surface area contributed by atoms with E-state index in [2.05, 4.69) is 27.4 Å². The second kappa shape index (κ2) is 6.79. The number of nitrogens with two attached hydrogens (primary N) is 1. The van der Waals surface area contributed by atoms with Crippen molar-refractivity contribution in [2.75, 3.05) is 5.75 Å². The highest BCUT2D eigenvalue weighted by atomic mass is 79.9. The summed E-state index contributed by atoms with van der Waals surface area (Å²) in [5.41, 5.74) is 5.41. The molecule has 0 saturated carbocycles. The Morgan fingerprint density at radius 3 is 2.95 bits per heavy atom. The highest BCUT2D eigenvalue weighted by Crippen LogP contribution is 2.35. The third kappa shape index (κ3) is 3.51. The lowest BCUT2D eigenvalue weighted by molar-refractivity contribution is 0.558. The molecule has 1 aliphatic rings. The molecule has 1 aliphatic heterocycles. The summed E-state index contributed by atoms with van der Waals surface area (Å²) < 4.78 is 14.0. The molecule has 0 amide bonds. The van der Waals surface area contributed by atoms with Gasteiger partial charge in [0, 0.05) is 20.0 Å². The van der Waals surface area contributed by atoms with E-state index in [4.69, 9.17) is 5.84 Å². The predicted molar refractivity (Wildman–Crippen MR) is 92.1 cm³/mol. The summed E-state index contributed by atoms with van der Waals surface area (Å²) in [5.74, 6) is 7.83. The molecule has 1 aromatic heterocycles. The number of hydrazine groups is 1. The molecule has 0 spiro atoms. The van der Waals surface area contributed by atoms with E-state index in [1.54, 1.807) is 0 Å². The summed E-state index contributed by atoms with van der Waals surface area (Å²) in [6.07, 6.45) is 1.89. The van der Waals surface area contributed by atoms with Gasteiger partial charge < -0.3 is 0 Å². The molecule has 0 aliphatic carbocycles. The molecular weight excluding hydrogens is 371 g/mol. The van der Waals surface area contributed by atoms with Gasteiger partial charge in [-0.3, -0.25) is 11.3 Å². The van der Waals surface area contributed by atoms with E-state index in [1.165, 1.54) is 33.2 Å². The van der Waals surface area contributed by atoms with Crippen LogP contribution in [0.15, 0.2) is 28.7 Å². The molecule has 6 heteroatoms. The SMILES string of the molecule is NNC(Cc1ccc(F)cc1Br)c1cc2c(s1)CCSC2. The maximum Gasteiger partial charge on any atom is 0.124 e. The minimum Gasteiger partial charge on any atom is -0.271 e. The lowest BCUT2D eigenvalue weighted by Crippen LogP contribution is -2.29. The van der Waals surface area contributed by atoms with Crippen molar-refractivity contribution in [3.8, 4) is 0 Å². The van der Waals surface area contributed by atoms with Crippen LogP contribution in [-0.4, -0.2) is 5.75 Å². The number of hydrogen-bond acceptors (Lipinski definition) is 4. The number of halogens is 2. The Labute approximate surface area is 140 Å². The topological polar surface area (TPSA) is 38.0 Å². The van der Waals surface area contributed by atoms with Gasteiger partial charge in [0.05, 0.1) is 6.04 Å². The van der Waals surface area contributed by atoms with Gasteiger partial charge in [0.25, 0.3) is 0 Å². The van der Waals surface area contributed by atoms with Crippen LogP contribution in [0.3, 0.4) is 0 Å². The average Bonchev–Trinajstić information content (AvgIpc) is 2.90. The van der Waals surface area contributed by atoms with Gasteiger partial charge >= 0.3 is 0 Å². The normalized spacial score (nSPS) is 15.8. The molecule has 0 bridgehead atoms. The number of thiophene rings is 1. The van der Waals surface area contributed by atoms with Gasteiger partial charge in [-0.05, 0) is 47.9 Å². The molecular formula is C15H16BrFN2S2. The molecule has 3 N–H and O–H groups in total. The van der Waals surface area contributed by atoms with Crippen molar-refractivity contribution >= 4 is 39.0 Å². The Balaban J connectivity index is 1.83. The van der Waals surface area contributed by atoms with Crippen LogP contribution in [0.25, 0.3) is 0 Å². The molecule has 2 aromatic rings. The minimum absolute atomic E-state index is 0.0624. The maximum atomic E-state index is 13.2. The number of aryl methyl sites for hydroxylation is 1. The Morgan fingerprint density at radius 1 is 1.38 bits per heavy atom. The van der Waals surface area contributed by atoms with Crippen LogP contribution < -0.4 is 11.3 Å². The van der Waals surface area contributed by atoms with E-state index < -0.39 is 0 Å². The maximum absolute atomic E-state index is 13.2. The van der Waals surface area contributed by atoms with Crippen LogP contribution in [0, 0.1) is 5.82 Å². The molecule has 2 nitrogen and oxygen atoms in total. The van der Waals surface area contributed by atoms with Gasteiger partial charge in [-0.2, -0.15) is 11.8 Å². The van der Waals surface area contributed by atoms with Crippen molar-refractivity contribution in [1.29, 1.82) is 0 Å². The average molecular weight is 387 g/mol. The summed E-state index contributed by atoms with van der Waals surface area (Å²) in [7, 11) is 0. The van der Waals surface area contributed by atoms with Gasteiger partial charge in [-0.1, -0.05) is 22.0 Å². The summed E-state index contributed by atoms with van der Waals surface area (Å²) >= 11 is 7.26. The first kappa shape index (κ1) is 15.5. The number of rotatable bonds is 4. The first-order valence-corrected chi connectivity index (χ1v) is 9.53. The largest absolute Gasteiger partial charge is 0.271 e. The predicted octanol–water partition coefficient (Wildman–Crippen LogP) is 4.19. The van der Waals surface area contributed by atoms with Gasteiger partial charge in [0.15, 0.2) is 0 Å². The van der Waals surface area contributed by atoms with E-state index in [9.17, 15) is 4.39 Å². The molecule has 3 rings (SSSR count). The van der Waals surface area contributed by atoms with E-state index in [-0.39, 0.29) is 11.9 Å². The fourth-order valence-electron chi connectivity index (χ4n) is 2.49. The summed E-state index contributed by atoms with van der Waals surface area (Å²) in [6.45, 7) is 0. The number of fused-ring (bicyclic) bond motifs is 1. The van der Waals surface area contributed by atoms with Crippen molar-refractivity contribution in [3.05, 3.63) is 55.4 Å². The Kier molecular flexibility index (Phi) is 5.01. The number of nitrogens with one attached hydrogen (secondary N) is 1. The number of benzene rings is 1. The third-order valence-corrected chi connectivity index (χ3v) is 6.73.